The SMILES string of the molecule is C=C(C)C(=O)N1CCC(c2cncc(-c3noc(C(F)(F)F)n3)n2)CC1. The summed E-state index contributed by atoms with van der Waals surface area (Å²) in [6, 6.07) is 0. The Morgan fingerprint density at radius 3 is 2.54 bits per heavy atom. The van der Waals surface area contributed by atoms with Crippen molar-refractivity contribution in [2.24, 2.45) is 0 Å². The summed E-state index contributed by atoms with van der Waals surface area (Å²) in [6.07, 6.45) is -0.503. The van der Waals surface area contributed by atoms with E-state index in [1.54, 1.807) is 18.0 Å². The quantitative estimate of drug-likeness (QED) is 0.776. The lowest BCUT2D eigenvalue weighted by atomic mass is 9.93. The van der Waals surface area contributed by atoms with Crippen LogP contribution in [0.25, 0.3) is 11.5 Å². The number of halogens is 3. The van der Waals surface area contributed by atoms with E-state index < -0.39 is 12.1 Å². The van der Waals surface area contributed by atoms with E-state index in [9.17, 15) is 18.0 Å². The second-order valence-electron chi connectivity index (χ2n) is 6.10. The minimum atomic E-state index is -4.71. The molecule has 0 radical (unpaired) electrons. The van der Waals surface area contributed by atoms with Crippen LogP contribution in [0.15, 0.2) is 29.1 Å². The van der Waals surface area contributed by atoms with Crippen molar-refractivity contribution in [3.8, 4) is 11.5 Å². The molecule has 0 aliphatic carbocycles. The van der Waals surface area contributed by atoms with Crippen molar-refractivity contribution in [2.75, 3.05) is 13.1 Å². The maximum Gasteiger partial charge on any atom is 0.471 e. The van der Waals surface area contributed by atoms with Gasteiger partial charge >= 0.3 is 12.1 Å². The fourth-order valence-corrected chi connectivity index (χ4v) is 2.78. The number of amides is 1. The van der Waals surface area contributed by atoms with Crippen molar-refractivity contribution in [1.82, 2.24) is 25.0 Å². The van der Waals surface area contributed by atoms with E-state index in [0.717, 1.165) is 0 Å². The molecule has 1 aliphatic rings. The molecule has 138 valence electrons. The lowest BCUT2D eigenvalue weighted by Gasteiger charge is -2.31. The van der Waals surface area contributed by atoms with Gasteiger partial charge < -0.3 is 9.42 Å². The number of alkyl halides is 3. The highest BCUT2D eigenvalue weighted by Crippen LogP contribution is 2.30. The number of likely N-dealkylation sites (tertiary alicyclic amines) is 1. The number of hydrogen-bond acceptors (Lipinski definition) is 6. The van der Waals surface area contributed by atoms with Crippen LogP contribution in [0.3, 0.4) is 0 Å². The van der Waals surface area contributed by atoms with Gasteiger partial charge in [0.15, 0.2) is 0 Å². The van der Waals surface area contributed by atoms with E-state index in [-0.39, 0.29) is 23.3 Å². The average molecular weight is 367 g/mol. The molecule has 0 aromatic carbocycles. The van der Waals surface area contributed by atoms with Crippen LogP contribution in [0, 0.1) is 0 Å². The van der Waals surface area contributed by atoms with Crippen LogP contribution in [-0.4, -0.2) is 44.0 Å². The third kappa shape index (κ3) is 3.73. The molecule has 1 saturated heterocycles. The molecule has 0 N–H and O–H groups in total. The molecule has 2 aromatic heterocycles. The van der Waals surface area contributed by atoms with Crippen LogP contribution in [0.2, 0.25) is 0 Å². The summed E-state index contributed by atoms with van der Waals surface area (Å²) in [5, 5.41) is 3.32. The van der Waals surface area contributed by atoms with Crippen molar-refractivity contribution >= 4 is 5.91 Å². The first-order chi connectivity index (χ1) is 12.3. The molecule has 3 heterocycles. The van der Waals surface area contributed by atoms with Crippen molar-refractivity contribution in [1.29, 1.82) is 0 Å². The molecule has 3 rings (SSSR count). The van der Waals surface area contributed by atoms with Crippen LogP contribution in [-0.2, 0) is 11.0 Å². The fraction of sp³-hybridized carbons (Fsp3) is 0.438. The number of aromatic nitrogens is 4. The number of carbonyl (C=O) groups is 1. The number of hydrogen-bond donors (Lipinski definition) is 0. The third-order valence-electron chi connectivity index (χ3n) is 4.12. The van der Waals surface area contributed by atoms with Gasteiger partial charge in [0.2, 0.25) is 11.7 Å². The largest absolute Gasteiger partial charge is 0.471 e. The highest BCUT2D eigenvalue weighted by atomic mass is 19.4. The van der Waals surface area contributed by atoms with E-state index in [1.165, 1.54) is 6.20 Å². The molecular weight excluding hydrogens is 351 g/mol. The molecule has 0 atom stereocenters. The molecule has 26 heavy (non-hydrogen) atoms. The summed E-state index contributed by atoms with van der Waals surface area (Å²) in [5.41, 5.74) is 1.23. The van der Waals surface area contributed by atoms with Crippen molar-refractivity contribution < 1.29 is 22.5 Å². The summed E-state index contributed by atoms with van der Waals surface area (Å²) in [4.78, 5) is 25.4. The summed E-state index contributed by atoms with van der Waals surface area (Å²) < 4.78 is 42.0. The number of piperidine rings is 1. The Labute approximate surface area is 146 Å². The topological polar surface area (TPSA) is 85.0 Å². The Bertz CT molecular complexity index is 825. The Morgan fingerprint density at radius 1 is 1.27 bits per heavy atom. The molecule has 0 saturated carbocycles. The lowest BCUT2D eigenvalue weighted by molar-refractivity contribution is -0.159. The Kier molecular flexibility index (Phi) is 4.75. The van der Waals surface area contributed by atoms with Gasteiger partial charge in [0.25, 0.3) is 0 Å². The zero-order chi connectivity index (χ0) is 18.9. The minimum absolute atomic E-state index is 0.0469. The van der Waals surface area contributed by atoms with Gasteiger partial charge in [0.05, 0.1) is 11.9 Å². The van der Waals surface area contributed by atoms with E-state index in [2.05, 4.69) is 31.2 Å². The molecule has 1 amide bonds. The molecule has 0 bridgehead atoms. The number of nitrogens with zero attached hydrogens (tertiary/aromatic N) is 5. The Balaban J connectivity index is 1.73. The summed E-state index contributed by atoms with van der Waals surface area (Å²) in [5.74, 6) is -1.71. The van der Waals surface area contributed by atoms with E-state index in [0.29, 0.717) is 37.2 Å². The minimum Gasteiger partial charge on any atom is -0.339 e. The maximum absolute atomic E-state index is 12.6. The van der Waals surface area contributed by atoms with E-state index in [1.807, 2.05) is 0 Å². The first kappa shape index (κ1) is 18.0. The molecule has 7 nitrogen and oxygen atoms in total. The van der Waals surface area contributed by atoms with Crippen molar-refractivity contribution in [2.45, 2.75) is 31.9 Å². The maximum atomic E-state index is 12.6. The van der Waals surface area contributed by atoms with Gasteiger partial charge in [0, 0.05) is 30.8 Å². The zero-order valence-corrected chi connectivity index (χ0v) is 14.0. The summed E-state index contributed by atoms with van der Waals surface area (Å²) in [7, 11) is 0. The highest BCUT2D eigenvalue weighted by molar-refractivity contribution is 5.92. The third-order valence-corrected chi connectivity index (χ3v) is 4.12. The summed E-state index contributed by atoms with van der Waals surface area (Å²) >= 11 is 0. The van der Waals surface area contributed by atoms with E-state index >= 15 is 0 Å². The second kappa shape index (κ2) is 6.85. The average Bonchev–Trinajstić information content (AvgIpc) is 3.12. The highest BCUT2D eigenvalue weighted by Gasteiger charge is 2.38. The lowest BCUT2D eigenvalue weighted by Crippen LogP contribution is -2.38. The predicted molar refractivity (Wildman–Crippen MR) is 83.7 cm³/mol. The number of carbonyl (C=O) groups excluding carboxylic acids is 1. The van der Waals surface area contributed by atoms with Crippen molar-refractivity contribution in [3.05, 3.63) is 36.1 Å². The normalized spacial score (nSPS) is 15.9. The van der Waals surface area contributed by atoms with Gasteiger partial charge in [-0.05, 0) is 19.8 Å². The van der Waals surface area contributed by atoms with Crippen LogP contribution in [0.5, 0.6) is 0 Å². The van der Waals surface area contributed by atoms with Gasteiger partial charge in [-0.1, -0.05) is 11.7 Å². The molecule has 10 heteroatoms. The first-order valence-electron chi connectivity index (χ1n) is 7.93. The Morgan fingerprint density at radius 2 is 1.96 bits per heavy atom. The Hall–Kier alpha value is -2.78. The zero-order valence-electron chi connectivity index (χ0n) is 14.0. The monoisotopic (exact) mass is 367 g/mol. The van der Waals surface area contributed by atoms with Gasteiger partial charge in [-0.3, -0.25) is 9.78 Å². The fourth-order valence-electron chi connectivity index (χ4n) is 2.78. The van der Waals surface area contributed by atoms with Crippen LogP contribution in [0.4, 0.5) is 13.2 Å². The smallest absolute Gasteiger partial charge is 0.339 e. The van der Waals surface area contributed by atoms with Crippen LogP contribution in [0.1, 0.15) is 37.3 Å². The van der Waals surface area contributed by atoms with Crippen molar-refractivity contribution in [3.63, 3.8) is 0 Å². The second-order valence-corrected chi connectivity index (χ2v) is 6.10. The predicted octanol–water partition coefficient (Wildman–Crippen LogP) is 2.83. The molecular formula is C16H16F3N5O2. The molecule has 0 spiro atoms. The molecule has 0 unspecified atom stereocenters. The molecule has 1 aliphatic heterocycles. The standard InChI is InChI=1S/C16H16F3N5O2/c1-9(2)14(25)24-5-3-10(4-6-24)11-7-20-8-12(21-11)13-22-15(26-23-13)16(17,18)19/h7-8,10H,1,3-6H2,2H3. The van der Waals surface area contributed by atoms with Crippen LogP contribution < -0.4 is 0 Å². The first-order valence-corrected chi connectivity index (χ1v) is 7.93. The van der Waals surface area contributed by atoms with E-state index in [4.69, 9.17) is 0 Å². The number of rotatable bonds is 3. The molecule has 2 aromatic rings. The van der Waals surface area contributed by atoms with Gasteiger partial charge in [0.1, 0.15) is 5.69 Å². The van der Waals surface area contributed by atoms with Crippen LogP contribution >= 0.6 is 0 Å². The van der Waals surface area contributed by atoms with Gasteiger partial charge in [-0.15, -0.1) is 0 Å². The summed E-state index contributed by atoms with van der Waals surface area (Å²) in [6.45, 7) is 6.44. The molecule has 1 fully saturated rings. The van der Waals surface area contributed by atoms with Gasteiger partial charge in [-0.2, -0.15) is 18.2 Å². The van der Waals surface area contributed by atoms with Gasteiger partial charge in [-0.25, -0.2) is 4.98 Å².